The molecule has 2 aliphatic rings. The lowest BCUT2D eigenvalue weighted by molar-refractivity contribution is -0.142. The second kappa shape index (κ2) is 17.7. The number of halogens is 1. The first-order valence-electron chi connectivity index (χ1n) is 9.50. The van der Waals surface area contributed by atoms with Crippen LogP contribution < -0.4 is 27.8 Å². The highest BCUT2D eigenvalue weighted by Crippen LogP contribution is 2.05. The Bertz CT molecular complexity index is 535. The highest BCUT2D eigenvalue weighted by Gasteiger charge is 2.22. The van der Waals surface area contributed by atoms with Gasteiger partial charge >= 0.3 is 17.9 Å². The average Bonchev–Trinajstić information content (AvgIpc) is 3.39. The van der Waals surface area contributed by atoms with Gasteiger partial charge < -0.3 is 42.8 Å². The molecule has 0 aromatic heterocycles. The molecule has 13 heteroatoms. The molecule has 2 fully saturated rings. The fourth-order valence-electron chi connectivity index (χ4n) is 2.57. The number of carboxylic acids is 2. The Kier molecular flexibility index (Phi) is 17.7. The lowest BCUT2D eigenvalue weighted by Gasteiger charge is -2.04. The second-order valence-corrected chi connectivity index (χ2v) is 6.55. The van der Waals surface area contributed by atoms with Gasteiger partial charge in [-0.1, -0.05) is 0 Å². The van der Waals surface area contributed by atoms with Gasteiger partial charge in [0, 0.05) is 6.54 Å². The van der Waals surface area contributed by atoms with Gasteiger partial charge in [0.25, 0.3) is 0 Å². The van der Waals surface area contributed by atoms with Crippen molar-refractivity contribution >= 4 is 36.3 Å². The number of carbonyl (C=O) groups excluding carboxylic acids is 1. The largest absolute Gasteiger partial charge is 0.480 e. The summed E-state index contributed by atoms with van der Waals surface area (Å²) in [4.78, 5) is 34.8. The van der Waals surface area contributed by atoms with E-state index in [-0.39, 0.29) is 36.4 Å². The van der Waals surface area contributed by atoms with Crippen LogP contribution in [0.25, 0.3) is 0 Å². The number of nitrogens with one attached hydrogen (secondary N) is 2. The van der Waals surface area contributed by atoms with Crippen LogP contribution in [-0.2, 0) is 19.1 Å². The highest BCUT2D eigenvalue weighted by molar-refractivity contribution is 5.85. The van der Waals surface area contributed by atoms with Crippen molar-refractivity contribution in [2.24, 2.45) is 22.2 Å². The van der Waals surface area contributed by atoms with Crippen LogP contribution in [0.2, 0.25) is 0 Å². The maximum absolute atomic E-state index is 10.7. The zero-order valence-electron chi connectivity index (χ0n) is 17.2. The molecule has 0 aromatic carbocycles. The fraction of sp³-hybridized carbons (Fsp3) is 0.765. The lowest BCUT2D eigenvalue weighted by atomic mass is 10.2. The SMILES string of the molecule is COC(=O)[C@@H]1CCCN1.Cl.NC(N)=NCCC[C@H](N)C(=O)O.O=C(O)[C@@H]1CCCN1. The van der Waals surface area contributed by atoms with Gasteiger partial charge in [0.1, 0.15) is 18.1 Å². The first kappa shape index (κ1) is 30.0. The molecule has 0 saturated carbocycles. The molecule has 0 amide bonds. The molecule has 0 radical (unpaired) electrons. The van der Waals surface area contributed by atoms with Gasteiger partial charge in [-0.05, 0) is 51.6 Å². The molecule has 12 nitrogen and oxygen atoms in total. The van der Waals surface area contributed by atoms with Crippen molar-refractivity contribution in [3.8, 4) is 0 Å². The molecule has 3 atom stereocenters. The minimum Gasteiger partial charge on any atom is -0.480 e. The Hall–Kier alpha value is -2.15. The summed E-state index contributed by atoms with van der Waals surface area (Å²) < 4.78 is 4.53. The number of carbonyl (C=O) groups is 3. The van der Waals surface area contributed by atoms with E-state index in [1.54, 1.807) is 0 Å². The third-order valence-corrected chi connectivity index (χ3v) is 4.19. The Morgan fingerprint density at radius 3 is 1.97 bits per heavy atom. The fourth-order valence-corrected chi connectivity index (χ4v) is 2.57. The minimum absolute atomic E-state index is 0. The van der Waals surface area contributed by atoms with Crippen LogP contribution in [-0.4, -0.2) is 79.0 Å². The molecule has 2 aliphatic heterocycles. The number of nitrogens with two attached hydrogens (primary N) is 3. The van der Waals surface area contributed by atoms with Gasteiger partial charge in [0.2, 0.25) is 0 Å². The molecule has 2 saturated heterocycles. The van der Waals surface area contributed by atoms with E-state index in [0.717, 1.165) is 38.8 Å². The number of rotatable bonds is 7. The molecule has 0 bridgehead atoms. The quantitative estimate of drug-likeness (QED) is 0.103. The number of carboxylic acid groups (broad SMARTS) is 2. The maximum Gasteiger partial charge on any atom is 0.322 e. The molecular formula is C17H35ClN6O6. The number of methoxy groups -OCH3 is 1. The van der Waals surface area contributed by atoms with Gasteiger partial charge in [-0.3, -0.25) is 19.4 Å². The van der Waals surface area contributed by atoms with Crippen molar-refractivity contribution in [3.63, 3.8) is 0 Å². The first-order chi connectivity index (χ1) is 13.7. The first-order valence-corrected chi connectivity index (χ1v) is 9.50. The molecule has 0 aromatic rings. The van der Waals surface area contributed by atoms with Gasteiger partial charge in [0.15, 0.2) is 5.96 Å². The number of hydrogen-bond acceptors (Lipinski definition) is 8. The van der Waals surface area contributed by atoms with Crippen LogP contribution >= 0.6 is 12.4 Å². The van der Waals surface area contributed by atoms with E-state index in [1.165, 1.54) is 7.11 Å². The summed E-state index contributed by atoms with van der Waals surface area (Å²) in [6.45, 7) is 2.22. The topological polar surface area (TPSA) is 215 Å². The van der Waals surface area contributed by atoms with E-state index in [1.807, 2.05) is 0 Å². The summed E-state index contributed by atoms with van der Waals surface area (Å²) in [5.74, 6) is -1.84. The maximum atomic E-state index is 10.7. The van der Waals surface area contributed by atoms with Crippen molar-refractivity contribution in [2.75, 3.05) is 26.7 Å². The van der Waals surface area contributed by atoms with Crippen molar-refractivity contribution in [3.05, 3.63) is 0 Å². The van der Waals surface area contributed by atoms with E-state index in [0.29, 0.717) is 19.4 Å². The molecule has 2 heterocycles. The number of guanidine groups is 1. The molecule has 0 unspecified atom stereocenters. The monoisotopic (exact) mass is 454 g/mol. The number of aliphatic imine (C=N–C) groups is 1. The number of nitrogens with zero attached hydrogens (tertiary/aromatic N) is 1. The van der Waals surface area contributed by atoms with Gasteiger partial charge in [0.05, 0.1) is 7.11 Å². The van der Waals surface area contributed by atoms with E-state index in [9.17, 15) is 14.4 Å². The number of hydrogen-bond donors (Lipinski definition) is 7. The summed E-state index contributed by atoms with van der Waals surface area (Å²) >= 11 is 0. The normalized spacial score (nSPS) is 20.2. The summed E-state index contributed by atoms with van der Waals surface area (Å²) in [5.41, 5.74) is 15.3. The Morgan fingerprint density at radius 2 is 1.63 bits per heavy atom. The number of esters is 1. The van der Waals surface area contributed by atoms with Gasteiger partial charge in [-0.2, -0.15) is 0 Å². The third-order valence-electron chi connectivity index (χ3n) is 4.19. The van der Waals surface area contributed by atoms with Crippen LogP contribution in [0.1, 0.15) is 38.5 Å². The molecule has 0 spiro atoms. The van der Waals surface area contributed by atoms with E-state index < -0.39 is 18.0 Å². The summed E-state index contributed by atoms with van der Waals surface area (Å²) in [6, 6.07) is -1.12. The standard InChI is InChI=1S/C6H14N4O2.C6H11NO2.C5H9NO2.ClH/c7-4(5(11)12)2-1-3-10-6(8)9;1-9-6(8)5-3-2-4-7-5;7-5(8)4-2-1-3-6-4;/h4H,1-3,7H2,(H,11,12)(H4,8,9,10);5,7H,2-4H2,1H3;4,6H,1-3H2,(H,7,8);1H/t4-;5-;4-;/m000./s1. The third kappa shape index (κ3) is 14.8. The summed E-state index contributed by atoms with van der Waals surface area (Å²) in [5, 5.41) is 22.6. The smallest absolute Gasteiger partial charge is 0.322 e. The van der Waals surface area contributed by atoms with Crippen molar-refractivity contribution in [1.82, 2.24) is 10.6 Å². The van der Waals surface area contributed by atoms with Crippen LogP contribution in [0, 0.1) is 0 Å². The lowest BCUT2D eigenvalue weighted by Crippen LogP contribution is -2.31. The number of aliphatic carboxylic acids is 2. The van der Waals surface area contributed by atoms with E-state index in [2.05, 4.69) is 20.4 Å². The van der Waals surface area contributed by atoms with Crippen molar-refractivity contribution < 1.29 is 29.3 Å². The highest BCUT2D eigenvalue weighted by atomic mass is 35.5. The van der Waals surface area contributed by atoms with Crippen LogP contribution in [0.3, 0.4) is 0 Å². The zero-order valence-corrected chi connectivity index (χ0v) is 18.0. The van der Waals surface area contributed by atoms with Crippen molar-refractivity contribution in [1.29, 1.82) is 0 Å². The molecule has 2 rings (SSSR count). The minimum atomic E-state index is -1.00. The van der Waals surface area contributed by atoms with Crippen LogP contribution in [0.5, 0.6) is 0 Å². The summed E-state index contributed by atoms with van der Waals surface area (Å²) in [7, 11) is 1.42. The predicted octanol–water partition coefficient (Wildman–Crippen LogP) is -1.39. The van der Waals surface area contributed by atoms with Crippen molar-refractivity contribution in [2.45, 2.75) is 56.7 Å². The van der Waals surface area contributed by atoms with E-state index in [4.69, 9.17) is 27.4 Å². The molecule has 10 N–H and O–H groups in total. The van der Waals surface area contributed by atoms with E-state index >= 15 is 0 Å². The Balaban J connectivity index is 0. The molecule has 30 heavy (non-hydrogen) atoms. The van der Waals surface area contributed by atoms with Gasteiger partial charge in [-0.15, -0.1) is 12.4 Å². The predicted molar refractivity (Wildman–Crippen MR) is 114 cm³/mol. The molecular weight excluding hydrogens is 420 g/mol. The van der Waals surface area contributed by atoms with Crippen LogP contribution in [0.4, 0.5) is 0 Å². The number of ether oxygens (including phenoxy) is 1. The second-order valence-electron chi connectivity index (χ2n) is 6.55. The Labute approximate surface area is 182 Å². The van der Waals surface area contributed by atoms with Crippen LogP contribution in [0.15, 0.2) is 4.99 Å². The zero-order chi connectivity index (χ0) is 22.2. The molecule has 176 valence electrons. The molecule has 0 aliphatic carbocycles. The Morgan fingerprint density at radius 1 is 1.10 bits per heavy atom. The van der Waals surface area contributed by atoms with Gasteiger partial charge in [-0.25, -0.2) is 0 Å². The summed E-state index contributed by atoms with van der Waals surface area (Å²) in [6.07, 6.45) is 4.75. The average molecular weight is 455 g/mol.